The lowest BCUT2D eigenvalue weighted by Crippen LogP contribution is -2.21. The van der Waals surface area contributed by atoms with E-state index in [1.165, 1.54) is 5.56 Å². The van der Waals surface area contributed by atoms with E-state index in [0.717, 1.165) is 36.5 Å². The first-order valence-corrected chi connectivity index (χ1v) is 7.01. The zero-order chi connectivity index (χ0) is 12.5. The molecule has 0 aliphatic carbocycles. The van der Waals surface area contributed by atoms with Gasteiger partial charge in [0.1, 0.15) is 0 Å². The Morgan fingerprint density at radius 1 is 1.29 bits per heavy atom. The molecule has 0 saturated heterocycles. The van der Waals surface area contributed by atoms with Crippen LogP contribution in [-0.4, -0.2) is 19.7 Å². The molecule has 2 nitrogen and oxygen atoms in total. The Morgan fingerprint density at radius 3 is 2.76 bits per heavy atom. The van der Waals surface area contributed by atoms with E-state index in [0.29, 0.717) is 6.61 Å². The highest BCUT2D eigenvalue weighted by Crippen LogP contribution is 2.16. The maximum atomic E-state index is 5.64. The monoisotopic (exact) mass is 299 g/mol. The molecule has 1 aromatic carbocycles. The summed E-state index contributed by atoms with van der Waals surface area (Å²) in [6.45, 7) is 8.06. The van der Waals surface area contributed by atoms with Gasteiger partial charge in [0.15, 0.2) is 0 Å². The van der Waals surface area contributed by atoms with Crippen LogP contribution in [0.4, 0.5) is 0 Å². The van der Waals surface area contributed by atoms with Crippen LogP contribution in [-0.2, 0) is 11.3 Å². The van der Waals surface area contributed by atoms with Gasteiger partial charge in [-0.1, -0.05) is 48.0 Å². The van der Waals surface area contributed by atoms with Crippen LogP contribution in [0.1, 0.15) is 25.8 Å². The van der Waals surface area contributed by atoms with Crippen molar-refractivity contribution >= 4 is 15.9 Å². The molecule has 96 valence electrons. The van der Waals surface area contributed by atoms with Crippen LogP contribution in [0.25, 0.3) is 0 Å². The molecule has 17 heavy (non-hydrogen) atoms. The van der Waals surface area contributed by atoms with Gasteiger partial charge in [-0.2, -0.15) is 0 Å². The molecule has 0 aliphatic rings. The minimum atomic E-state index is 0.686. The molecule has 0 unspecified atom stereocenters. The van der Waals surface area contributed by atoms with E-state index in [-0.39, 0.29) is 0 Å². The van der Waals surface area contributed by atoms with E-state index < -0.39 is 0 Å². The third kappa shape index (κ3) is 6.81. The normalized spacial score (nSPS) is 11.1. The lowest BCUT2D eigenvalue weighted by Gasteiger charge is -2.08. The Kier molecular flexibility index (Phi) is 7.49. The summed E-state index contributed by atoms with van der Waals surface area (Å²) in [7, 11) is 0. The fourth-order valence-corrected chi connectivity index (χ4v) is 1.89. The minimum Gasteiger partial charge on any atom is -0.377 e. The molecule has 0 bridgehead atoms. The predicted molar refractivity (Wildman–Crippen MR) is 76.1 cm³/mol. The summed E-state index contributed by atoms with van der Waals surface area (Å²) in [6.07, 6.45) is 1.07. The van der Waals surface area contributed by atoms with Crippen LogP contribution in [0, 0.1) is 5.92 Å². The summed E-state index contributed by atoms with van der Waals surface area (Å²) in [5.41, 5.74) is 1.21. The first-order valence-electron chi connectivity index (χ1n) is 6.22. The van der Waals surface area contributed by atoms with Gasteiger partial charge in [-0.15, -0.1) is 0 Å². The molecule has 1 aromatic rings. The van der Waals surface area contributed by atoms with E-state index in [9.17, 15) is 0 Å². The molecule has 0 amide bonds. The van der Waals surface area contributed by atoms with Crippen LogP contribution in [0.3, 0.4) is 0 Å². The lowest BCUT2D eigenvalue weighted by molar-refractivity contribution is 0.118. The molecule has 0 saturated carbocycles. The van der Waals surface area contributed by atoms with Gasteiger partial charge in [0, 0.05) is 11.1 Å². The van der Waals surface area contributed by atoms with Crippen molar-refractivity contribution in [2.75, 3.05) is 19.7 Å². The van der Waals surface area contributed by atoms with Gasteiger partial charge in [0.2, 0.25) is 0 Å². The summed E-state index contributed by atoms with van der Waals surface area (Å²) < 4.78 is 6.76. The number of benzene rings is 1. The van der Waals surface area contributed by atoms with Crippen molar-refractivity contribution < 1.29 is 4.74 Å². The van der Waals surface area contributed by atoms with Crippen LogP contribution in [0.15, 0.2) is 28.7 Å². The largest absolute Gasteiger partial charge is 0.377 e. The number of ether oxygens (including phenoxy) is 1. The number of halogens is 1. The highest BCUT2D eigenvalue weighted by atomic mass is 79.9. The first-order chi connectivity index (χ1) is 8.20. The van der Waals surface area contributed by atoms with Gasteiger partial charge in [-0.3, -0.25) is 0 Å². The van der Waals surface area contributed by atoms with Crippen LogP contribution < -0.4 is 5.32 Å². The van der Waals surface area contributed by atoms with Gasteiger partial charge in [-0.05, 0) is 37.1 Å². The Bertz CT molecular complexity index is 315. The Balaban J connectivity index is 2.03. The fourth-order valence-electron chi connectivity index (χ4n) is 1.49. The van der Waals surface area contributed by atoms with Crippen molar-refractivity contribution in [2.45, 2.75) is 26.9 Å². The second-order valence-electron chi connectivity index (χ2n) is 4.60. The highest BCUT2D eigenvalue weighted by Gasteiger charge is 1.98. The van der Waals surface area contributed by atoms with E-state index in [1.807, 2.05) is 18.2 Å². The summed E-state index contributed by atoms with van der Waals surface area (Å²) in [4.78, 5) is 0. The van der Waals surface area contributed by atoms with Crippen molar-refractivity contribution in [1.82, 2.24) is 5.32 Å². The quantitative estimate of drug-likeness (QED) is 0.741. The molecule has 0 heterocycles. The predicted octanol–water partition coefficient (Wildman–Crippen LogP) is 3.60. The van der Waals surface area contributed by atoms with Crippen LogP contribution >= 0.6 is 15.9 Å². The standard InChI is InChI=1S/C14H22BrNO/c1-12(2)10-16-8-5-9-17-11-13-6-3-4-7-14(13)15/h3-4,6-7,12,16H,5,8-11H2,1-2H3. The van der Waals surface area contributed by atoms with E-state index in [2.05, 4.69) is 41.2 Å². The second kappa shape index (κ2) is 8.67. The molecule has 3 heteroatoms. The van der Waals surface area contributed by atoms with Gasteiger partial charge in [-0.25, -0.2) is 0 Å². The summed E-state index contributed by atoms with van der Waals surface area (Å²) in [5, 5.41) is 3.41. The summed E-state index contributed by atoms with van der Waals surface area (Å²) in [6, 6.07) is 8.18. The highest BCUT2D eigenvalue weighted by molar-refractivity contribution is 9.10. The molecular formula is C14H22BrNO. The molecule has 0 fully saturated rings. The average Bonchev–Trinajstić information content (AvgIpc) is 2.30. The molecule has 0 radical (unpaired) electrons. The van der Waals surface area contributed by atoms with Crippen molar-refractivity contribution in [2.24, 2.45) is 5.92 Å². The van der Waals surface area contributed by atoms with E-state index in [1.54, 1.807) is 0 Å². The Labute approximate surface area is 113 Å². The molecule has 1 rings (SSSR count). The number of hydrogen-bond donors (Lipinski definition) is 1. The fraction of sp³-hybridized carbons (Fsp3) is 0.571. The summed E-state index contributed by atoms with van der Waals surface area (Å²) >= 11 is 3.51. The first kappa shape index (κ1) is 14.7. The topological polar surface area (TPSA) is 21.3 Å². The van der Waals surface area contributed by atoms with Gasteiger partial charge in [0.05, 0.1) is 6.61 Å². The Hall–Kier alpha value is -0.380. The van der Waals surface area contributed by atoms with Gasteiger partial charge in [0.25, 0.3) is 0 Å². The lowest BCUT2D eigenvalue weighted by atomic mass is 10.2. The molecular weight excluding hydrogens is 278 g/mol. The molecule has 1 N–H and O–H groups in total. The van der Waals surface area contributed by atoms with Gasteiger partial charge < -0.3 is 10.1 Å². The SMILES string of the molecule is CC(C)CNCCCOCc1ccccc1Br. The number of rotatable bonds is 8. The molecule has 0 atom stereocenters. The molecule has 0 aromatic heterocycles. The third-order valence-electron chi connectivity index (χ3n) is 2.41. The van der Waals surface area contributed by atoms with Crippen LogP contribution in [0.5, 0.6) is 0 Å². The van der Waals surface area contributed by atoms with E-state index in [4.69, 9.17) is 4.74 Å². The van der Waals surface area contributed by atoms with Gasteiger partial charge >= 0.3 is 0 Å². The number of nitrogens with one attached hydrogen (secondary N) is 1. The molecule has 0 spiro atoms. The van der Waals surface area contributed by atoms with E-state index >= 15 is 0 Å². The maximum Gasteiger partial charge on any atom is 0.0727 e. The number of hydrogen-bond acceptors (Lipinski definition) is 2. The summed E-state index contributed by atoms with van der Waals surface area (Å²) in [5.74, 6) is 0.719. The van der Waals surface area contributed by atoms with Crippen molar-refractivity contribution in [1.29, 1.82) is 0 Å². The van der Waals surface area contributed by atoms with Crippen LogP contribution in [0.2, 0.25) is 0 Å². The average molecular weight is 300 g/mol. The maximum absolute atomic E-state index is 5.64. The minimum absolute atomic E-state index is 0.686. The third-order valence-corrected chi connectivity index (χ3v) is 3.18. The van der Waals surface area contributed by atoms with Crippen molar-refractivity contribution in [3.8, 4) is 0 Å². The van der Waals surface area contributed by atoms with Crippen molar-refractivity contribution in [3.63, 3.8) is 0 Å². The van der Waals surface area contributed by atoms with Crippen molar-refractivity contribution in [3.05, 3.63) is 34.3 Å². The second-order valence-corrected chi connectivity index (χ2v) is 5.45. The zero-order valence-electron chi connectivity index (χ0n) is 10.7. The smallest absolute Gasteiger partial charge is 0.0727 e. The Morgan fingerprint density at radius 2 is 2.06 bits per heavy atom. The molecule has 0 aliphatic heterocycles. The zero-order valence-corrected chi connectivity index (χ0v) is 12.3.